The summed E-state index contributed by atoms with van der Waals surface area (Å²) in [6, 6.07) is 14.3. The van der Waals surface area contributed by atoms with Gasteiger partial charge in [0.05, 0.1) is 46.4 Å². The molecule has 1 aliphatic heterocycles. The lowest BCUT2D eigenvalue weighted by Gasteiger charge is -2.30. The van der Waals surface area contributed by atoms with E-state index in [2.05, 4.69) is 9.71 Å². The Morgan fingerprint density at radius 1 is 1.11 bits per heavy atom. The Balaban J connectivity index is 1.49. The molecule has 3 heterocycles. The molecular formula is C34H38FN3O6S. The highest BCUT2D eigenvalue weighted by Crippen LogP contribution is 2.45. The standard InChI is InChI=1S/C34H38FN3O6S/c1-32(2,3)45(42)38-33(4)19-44-31-25(33)17-28(37-30(31)20-7-10-23(35)11-8-20)34(5,41)14-13-26(40)22-15-21-9-12-24(18-39)36-29(21)27(16-22)43-6/h7-12,15-17,38-39,41H,13-14,18-19H2,1-6H3/t33-,34-,45?/m1/s1. The summed E-state index contributed by atoms with van der Waals surface area (Å²) in [5, 5.41) is 21.9. The van der Waals surface area contributed by atoms with E-state index in [0.717, 1.165) is 0 Å². The number of aliphatic hydroxyl groups excluding tert-OH is 1. The van der Waals surface area contributed by atoms with Gasteiger partial charge in [-0.05, 0) is 89.6 Å². The van der Waals surface area contributed by atoms with Crippen molar-refractivity contribution in [1.82, 2.24) is 14.7 Å². The maximum absolute atomic E-state index is 13.8. The number of pyridine rings is 2. The Kier molecular flexibility index (Phi) is 8.85. The number of rotatable bonds is 10. The summed E-state index contributed by atoms with van der Waals surface area (Å²) in [5.41, 5.74) is 0.947. The van der Waals surface area contributed by atoms with Crippen LogP contribution < -0.4 is 14.2 Å². The van der Waals surface area contributed by atoms with E-state index in [1.807, 2.05) is 27.7 Å². The van der Waals surface area contributed by atoms with Gasteiger partial charge in [-0.25, -0.2) is 23.3 Å². The molecule has 1 unspecified atom stereocenters. The van der Waals surface area contributed by atoms with Crippen molar-refractivity contribution in [1.29, 1.82) is 0 Å². The number of carbonyl (C=O) groups excluding carboxylic acids is 1. The molecule has 0 saturated carbocycles. The van der Waals surface area contributed by atoms with Gasteiger partial charge in [-0.3, -0.25) is 4.79 Å². The van der Waals surface area contributed by atoms with Gasteiger partial charge in [0, 0.05) is 28.5 Å². The highest BCUT2D eigenvalue weighted by Gasteiger charge is 2.43. The van der Waals surface area contributed by atoms with E-state index in [0.29, 0.717) is 56.2 Å². The topological polar surface area (TPSA) is 131 Å². The second-order valence-corrected chi connectivity index (χ2v) is 14.7. The van der Waals surface area contributed by atoms with Gasteiger partial charge in [-0.2, -0.15) is 0 Å². The number of methoxy groups -OCH3 is 1. The van der Waals surface area contributed by atoms with Crippen molar-refractivity contribution in [2.24, 2.45) is 0 Å². The molecule has 238 valence electrons. The number of hydrogen-bond acceptors (Lipinski definition) is 8. The minimum atomic E-state index is -1.55. The molecule has 4 aromatic rings. The molecule has 0 spiro atoms. The van der Waals surface area contributed by atoms with Crippen LogP contribution in [0.25, 0.3) is 22.2 Å². The van der Waals surface area contributed by atoms with E-state index in [1.54, 1.807) is 49.4 Å². The van der Waals surface area contributed by atoms with Crippen molar-refractivity contribution in [3.05, 3.63) is 82.9 Å². The largest absolute Gasteiger partial charge is 0.494 e. The van der Waals surface area contributed by atoms with Crippen LogP contribution in [-0.4, -0.2) is 48.6 Å². The number of ether oxygens (including phenoxy) is 2. The minimum absolute atomic E-state index is 0.00544. The fraction of sp³-hybridized carbons (Fsp3) is 0.382. The third-order valence-electron chi connectivity index (χ3n) is 7.97. The Morgan fingerprint density at radius 2 is 1.82 bits per heavy atom. The summed E-state index contributed by atoms with van der Waals surface area (Å²) in [7, 11) is 0.0529. The average Bonchev–Trinajstić information content (AvgIpc) is 3.34. The van der Waals surface area contributed by atoms with Crippen molar-refractivity contribution >= 4 is 27.7 Å². The van der Waals surface area contributed by atoms with Gasteiger partial charge in [0.1, 0.15) is 35.0 Å². The molecule has 45 heavy (non-hydrogen) atoms. The second kappa shape index (κ2) is 12.2. The molecule has 2 aromatic heterocycles. The normalized spacial score (nSPS) is 18.2. The molecule has 0 bridgehead atoms. The highest BCUT2D eigenvalue weighted by atomic mass is 32.2. The Labute approximate surface area is 264 Å². The predicted molar refractivity (Wildman–Crippen MR) is 171 cm³/mol. The molecule has 0 fully saturated rings. The first-order chi connectivity index (χ1) is 21.1. The van der Waals surface area contributed by atoms with Crippen LogP contribution in [0.4, 0.5) is 4.39 Å². The molecule has 11 heteroatoms. The van der Waals surface area contributed by atoms with Gasteiger partial charge in [0.15, 0.2) is 11.5 Å². The fourth-order valence-electron chi connectivity index (χ4n) is 5.18. The number of aromatic nitrogens is 2. The first-order valence-electron chi connectivity index (χ1n) is 14.6. The zero-order valence-electron chi connectivity index (χ0n) is 26.2. The predicted octanol–water partition coefficient (Wildman–Crippen LogP) is 5.47. The first-order valence-corrected chi connectivity index (χ1v) is 15.8. The van der Waals surface area contributed by atoms with Crippen LogP contribution in [0.3, 0.4) is 0 Å². The monoisotopic (exact) mass is 635 g/mol. The summed E-state index contributed by atoms with van der Waals surface area (Å²) >= 11 is 0. The van der Waals surface area contributed by atoms with Crippen molar-refractivity contribution in [3.8, 4) is 22.8 Å². The van der Waals surface area contributed by atoms with Crippen LogP contribution >= 0.6 is 0 Å². The SMILES string of the molecule is COc1cc(C(=O)CC[C@@](C)(O)c2cc3c(c(-c4ccc(F)cc4)n2)OC[C@@]3(C)NS(=O)C(C)(C)C)cc2ccc(CO)nc12. The number of nitrogens with one attached hydrogen (secondary N) is 1. The molecule has 3 N–H and O–H groups in total. The smallest absolute Gasteiger partial charge is 0.163 e. The van der Waals surface area contributed by atoms with Crippen LogP contribution in [0.2, 0.25) is 0 Å². The number of fused-ring (bicyclic) bond motifs is 2. The molecule has 0 radical (unpaired) electrons. The van der Waals surface area contributed by atoms with Gasteiger partial charge in [0.2, 0.25) is 0 Å². The van der Waals surface area contributed by atoms with Gasteiger partial charge in [-0.15, -0.1) is 0 Å². The number of nitrogens with zero attached hydrogens (tertiary/aromatic N) is 2. The van der Waals surface area contributed by atoms with Crippen molar-refractivity contribution in [3.63, 3.8) is 0 Å². The van der Waals surface area contributed by atoms with E-state index in [1.165, 1.54) is 19.2 Å². The molecule has 9 nitrogen and oxygen atoms in total. The number of carbonyl (C=O) groups is 1. The number of aliphatic hydroxyl groups is 2. The van der Waals surface area contributed by atoms with Crippen LogP contribution in [0.1, 0.15) is 74.8 Å². The van der Waals surface area contributed by atoms with Crippen molar-refractivity contribution in [2.45, 2.75) is 70.0 Å². The van der Waals surface area contributed by atoms with Gasteiger partial charge in [-0.1, -0.05) is 6.07 Å². The van der Waals surface area contributed by atoms with Crippen LogP contribution in [0, 0.1) is 5.82 Å². The zero-order valence-corrected chi connectivity index (χ0v) is 27.0. The van der Waals surface area contributed by atoms with E-state index < -0.39 is 32.7 Å². The third-order valence-corrected chi connectivity index (χ3v) is 9.72. The number of ketones is 1. The molecule has 0 aliphatic carbocycles. The zero-order chi connectivity index (χ0) is 32.7. The lowest BCUT2D eigenvalue weighted by atomic mass is 9.88. The van der Waals surface area contributed by atoms with Crippen LogP contribution in [0.15, 0.2) is 54.6 Å². The number of halogens is 1. The summed E-state index contributed by atoms with van der Waals surface area (Å²) in [5.74, 6) is 0.248. The Hall–Kier alpha value is -3.77. The number of hydrogen-bond donors (Lipinski definition) is 3. The summed E-state index contributed by atoms with van der Waals surface area (Å²) < 4.78 is 41.3. The number of benzene rings is 2. The van der Waals surface area contributed by atoms with Gasteiger partial charge >= 0.3 is 0 Å². The van der Waals surface area contributed by atoms with E-state index >= 15 is 0 Å². The lowest BCUT2D eigenvalue weighted by molar-refractivity contribution is 0.0396. The van der Waals surface area contributed by atoms with Crippen LogP contribution in [0.5, 0.6) is 11.5 Å². The molecule has 5 rings (SSSR count). The van der Waals surface area contributed by atoms with E-state index in [-0.39, 0.29) is 31.8 Å². The molecule has 3 atom stereocenters. The molecule has 0 amide bonds. The van der Waals surface area contributed by atoms with Crippen molar-refractivity contribution < 1.29 is 33.1 Å². The third kappa shape index (κ3) is 6.62. The molecule has 1 aliphatic rings. The van der Waals surface area contributed by atoms with Gasteiger partial charge in [0.25, 0.3) is 0 Å². The van der Waals surface area contributed by atoms with Crippen LogP contribution in [-0.2, 0) is 28.7 Å². The minimum Gasteiger partial charge on any atom is -0.494 e. The summed E-state index contributed by atoms with van der Waals surface area (Å²) in [6.45, 7) is 9.03. The maximum atomic E-state index is 13.8. The average molecular weight is 636 g/mol. The molecular weight excluding hydrogens is 597 g/mol. The Morgan fingerprint density at radius 3 is 2.47 bits per heavy atom. The fourth-order valence-corrected chi connectivity index (χ4v) is 6.07. The first kappa shape index (κ1) is 32.6. The van der Waals surface area contributed by atoms with Gasteiger partial charge < -0.3 is 19.7 Å². The van der Waals surface area contributed by atoms with Crippen molar-refractivity contribution in [2.75, 3.05) is 13.7 Å². The summed E-state index contributed by atoms with van der Waals surface area (Å²) in [6.07, 6.45) is 0.0377. The Bertz CT molecular complexity index is 1790. The molecule has 0 saturated heterocycles. The maximum Gasteiger partial charge on any atom is 0.163 e. The van der Waals surface area contributed by atoms with E-state index in [9.17, 15) is 23.6 Å². The summed E-state index contributed by atoms with van der Waals surface area (Å²) in [4.78, 5) is 22.6. The second-order valence-electron chi connectivity index (χ2n) is 12.8. The lowest BCUT2D eigenvalue weighted by Crippen LogP contribution is -2.47. The molecule has 2 aromatic carbocycles. The highest BCUT2D eigenvalue weighted by molar-refractivity contribution is 7.84. The quantitative estimate of drug-likeness (QED) is 0.196. The number of Topliss-reactive ketones (excluding diaryl/α,β-unsaturated/α-hetero) is 1. The van der Waals surface area contributed by atoms with E-state index in [4.69, 9.17) is 14.5 Å².